The zero-order valence-electron chi connectivity index (χ0n) is 10.5. The summed E-state index contributed by atoms with van der Waals surface area (Å²) in [6.07, 6.45) is 4.33. The van der Waals surface area contributed by atoms with E-state index >= 15 is 0 Å². The highest BCUT2D eigenvalue weighted by Crippen LogP contribution is 2.32. The Labute approximate surface area is 94.4 Å². The fourth-order valence-electron chi connectivity index (χ4n) is 2.74. The summed E-state index contributed by atoms with van der Waals surface area (Å²) < 4.78 is 0. The first-order chi connectivity index (χ1) is 7.19. The van der Waals surface area contributed by atoms with E-state index in [1.54, 1.807) is 0 Å². The van der Waals surface area contributed by atoms with Gasteiger partial charge in [-0.25, -0.2) is 0 Å². The Bertz CT molecular complexity index is 199. The van der Waals surface area contributed by atoms with E-state index in [4.69, 9.17) is 0 Å². The van der Waals surface area contributed by atoms with Crippen molar-refractivity contribution in [3.63, 3.8) is 0 Å². The van der Waals surface area contributed by atoms with Crippen molar-refractivity contribution in [2.24, 2.45) is 17.8 Å². The van der Waals surface area contributed by atoms with Crippen LogP contribution in [-0.2, 0) is 0 Å². The van der Waals surface area contributed by atoms with Gasteiger partial charge in [-0.2, -0.15) is 0 Å². The van der Waals surface area contributed by atoms with Crippen LogP contribution in [0.15, 0.2) is 0 Å². The van der Waals surface area contributed by atoms with E-state index in [9.17, 15) is 0 Å². The fraction of sp³-hybridized carbons (Fsp3) is 1.00. The highest BCUT2D eigenvalue weighted by atomic mass is 15.2. The van der Waals surface area contributed by atoms with E-state index < -0.39 is 0 Å². The molecule has 1 aliphatic carbocycles. The third-order valence-corrected chi connectivity index (χ3v) is 4.12. The van der Waals surface area contributed by atoms with Crippen LogP contribution in [0.2, 0.25) is 0 Å². The molecule has 0 amide bonds. The number of hydrogen-bond acceptors (Lipinski definition) is 2. The van der Waals surface area contributed by atoms with Crippen molar-refractivity contribution in [3.05, 3.63) is 0 Å². The molecule has 1 heterocycles. The first-order valence-electron chi connectivity index (χ1n) is 6.58. The predicted octanol–water partition coefficient (Wildman–Crippen LogP) is 1.96. The van der Waals surface area contributed by atoms with Crippen LogP contribution in [0.25, 0.3) is 0 Å². The molecule has 2 heteroatoms. The Hall–Kier alpha value is -0.0800. The monoisotopic (exact) mass is 210 g/mol. The second-order valence-corrected chi connectivity index (χ2v) is 5.89. The van der Waals surface area contributed by atoms with Gasteiger partial charge in [-0.05, 0) is 44.1 Å². The van der Waals surface area contributed by atoms with Gasteiger partial charge in [0.05, 0.1) is 0 Å². The number of likely N-dealkylation sites (tertiary alicyclic amines) is 1. The van der Waals surface area contributed by atoms with Crippen LogP contribution in [0.3, 0.4) is 0 Å². The molecule has 2 nitrogen and oxygen atoms in total. The van der Waals surface area contributed by atoms with Gasteiger partial charge in [0.15, 0.2) is 0 Å². The molecule has 2 rings (SSSR count). The lowest BCUT2D eigenvalue weighted by Crippen LogP contribution is -2.49. The highest BCUT2D eigenvalue weighted by Gasteiger charge is 2.31. The van der Waals surface area contributed by atoms with Crippen molar-refractivity contribution in [1.29, 1.82) is 0 Å². The maximum atomic E-state index is 3.47. The van der Waals surface area contributed by atoms with E-state index in [0.717, 1.165) is 23.8 Å². The van der Waals surface area contributed by atoms with Gasteiger partial charge in [-0.3, -0.25) is 0 Å². The van der Waals surface area contributed by atoms with Gasteiger partial charge in [0, 0.05) is 25.7 Å². The third kappa shape index (κ3) is 3.18. The van der Waals surface area contributed by atoms with Crippen LogP contribution in [0.1, 0.15) is 33.1 Å². The molecule has 0 aromatic rings. The molecule has 1 aliphatic heterocycles. The predicted molar refractivity (Wildman–Crippen MR) is 65.0 cm³/mol. The van der Waals surface area contributed by atoms with E-state index in [-0.39, 0.29) is 0 Å². The van der Waals surface area contributed by atoms with E-state index in [0.29, 0.717) is 0 Å². The van der Waals surface area contributed by atoms with Gasteiger partial charge >= 0.3 is 0 Å². The summed E-state index contributed by atoms with van der Waals surface area (Å²) in [4.78, 5) is 2.70. The van der Waals surface area contributed by atoms with E-state index in [1.165, 1.54) is 38.9 Å². The Morgan fingerprint density at radius 3 is 2.53 bits per heavy atom. The Kier molecular flexibility index (Phi) is 3.68. The van der Waals surface area contributed by atoms with Gasteiger partial charge in [0.2, 0.25) is 0 Å². The molecular weight excluding hydrogens is 184 g/mol. The van der Waals surface area contributed by atoms with Crippen molar-refractivity contribution in [2.45, 2.75) is 39.2 Å². The van der Waals surface area contributed by atoms with Gasteiger partial charge in [0.25, 0.3) is 0 Å². The lowest BCUT2D eigenvalue weighted by atomic mass is 9.85. The summed E-state index contributed by atoms with van der Waals surface area (Å²) >= 11 is 0. The van der Waals surface area contributed by atoms with Crippen LogP contribution >= 0.6 is 0 Å². The number of rotatable bonds is 4. The zero-order chi connectivity index (χ0) is 10.8. The van der Waals surface area contributed by atoms with Crippen LogP contribution in [0.5, 0.6) is 0 Å². The first kappa shape index (κ1) is 11.4. The van der Waals surface area contributed by atoms with Gasteiger partial charge < -0.3 is 10.2 Å². The van der Waals surface area contributed by atoms with Crippen LogP contribution in [-0.4, -0.2) is 37.6 Å². The molecule has 88 valence electrons. The molecule has 0 radical (unpaired) electrons. The third-order valence-electron chi connectivity index (χ3n) is 4.12. The summed E-state index contributed by atoms with van der Waals surface area (Å²) in [5.74, 6) is 2.77. The second kappa shape index (κ2) is 4.84. The van der Waals surface area contributed by atoms with Crippen molar-refractivity contribution in [2.75, 3.05) is 26.7 Å². The van der Waals surface area contributed by atoms with Crippen molar-refractivity contribution >= 4 is 0 Å². The molecule has 2 unspecified atom stereocenters. The summed E-state index contributed by atoms with van der Waals surface area (Å²) in [7, 11) is 2.11. The summed E-state index contributed by atoms with van der Waals surface area (Å²) in [5.41, 5.74) is 0. The minimum atomic E-state index is 0.727. The Balaban J connectivity index is 1.87. The Morgan fingerprint density at radius 2 is 2.00 bits per heavy atom. The standard InChI is InChI=1S/C13H26N2/c1-10(2)12-6-13(14-3)9-15(8-12)7-11-4-5-11/h10-14H,4-9H2,1-3H3. The molecule has 2 atom stereocenters. The first-order valence-corrected chi connectivity index (χ1v) is 6.58. The number of hydrogen-bond donors (Lipinski definition) is 1. The summed E-state index contributed by atoms with van der Waals surface area (Å²) in [6.45, 7) is 8.72. The minimum Gasteiger partial charge on any atom is -0.316 e. The maximum Gasteiger partial charge on any atom is 0.0195 e. The van der Waals surface area contributed by atoms with Crippen LogP contribution < -0.4 is 5.32 Å². The number of nitrogens with one attached hydrogen (secondary N) is 1. The summed E-state index contributed by atoms with van der Waals surface area (Å²) in [6, 6.07) is 0.727. The second-order valence-electron chi connectivity index (χ2n) is 5.89. The fourth-order valence-corrected chi connectivity index (χ4v) is 2.74. The molecule has 15 heavy (non-hydrogen) atoms. The number of nitrogens with zero attached hydrogens (tertiary/aromatic N) is 1. The molecule has 0 bridgehead atoms. The van der Waals surface area contributed by atoms with Crippen LogP contribution in [0, 0.1) is 17.8 Å². The van der Waals surface area contributed by atoms with E-state index in [2.05, 4.69) is 31.1 Å². The average Bonchev–Trinajstić information content (AvgIpc) is 3.01. The lowest BCUT2D eigenvalue weighted by molar-refractivity contribution is 0.114. The lowest BCUT2D eigenvalue weighted by Gasteiger charge is -2.39. The van der Waals surface area contributed by atoms with E-state index in [1.807, 2.05) is 0 Å². The summed E-state index contributed by atoms with van der Waals surface area (Å²) in [5, 5.41) is 3.47. The van der Waals surface area contributed by atoms with Gasteiger partial charge in [-0.1, -0.05) is 13.8 Å². The van der Waals surface area contributed by atoms with Gasteiger partial charge in [-0.15, -0.1) is 0 Å². The molecule has 1 saturated carbocycles. The average molecular weight is 210 g/mol. The number of piperidine rings is 1. The normalized spacial score (nSPS) is 33.6. The molecule has 1 N–H and O–H groups in total. The maximum absolute atomic E-state index is 3.47. The van der Waals surface area contributed by atoms with Crippen molar-refractivity contribution in [1.82, 2.24) is 10.2 Å². The molecule has 0 aromatic carbocycles. The smallest absolute Gasteiger partial charge is 0.0195 e. The van der Waals surface area contributed by atoms with Crippen LogP contribution in [0.4, 0.5) is 0 Å². The molecule has 2 fully saturated rings. The SMILES string of the molecule is CNC1CC(C(C)C)CN(CC2CC2)C1. The topological polar surface area (TPSA) is 15.3 Å². The quantitative estimate of drug-likeness (QED) is 0.763. The number of likely N-dealkylation sites (N-methyl/N-ethyl adjacent to an activating group) is 1. The molecule has 0 spiro atoms. The largest absolute Gasteiger partial charge is 0.316 e. The molecule has 1 saturated heterocycles. The van der Waals surface area contributed by atoms with Gasteiger partial charge in [0.1, 0.15) is 0 Å². The molecular formula is C13H26N2. The van der Waals surface area contributed by atoms with Crippen molar-refractivity contribution in [3.8, 4) is 0 Å². The zero-order valence-corrected chi connectivity index (χ0v) is 10.5. The highest BCUT2D eigenvalue weighted by molar-refractivity contribution is 4.87. The van der Waals surface area contributed by atoms with Crippen molar-refractivity contribution < 1.29 is 0 Å². The molecule has 2 aliphatic rings. The molecule has 0 aromatic heterocycles. The Morgan fingerprint density at radius 1 is 1.27 bits per heavy atom. The minimum absolute atomic E-state index is 0.727.